The van der Waals surface area contributed by atoms with E-state index in [9.17, 15) is 4.39 Å². The van der Waals surface area contributed by atoms with E-state index >= 15 is 0 Å². The normalized spacial score (nSPS) is 13.7. The van der Waals surface area contributed by atoms with E-state index in [0.717, 1.165) is 44.3 Å². The number of nitrogens with one attached hydrogen (secondary N) is 2. The van der Waals surface area contributed by atoms with Gasteiger partial charge in [0, 0.05) is 29.6 Å². The Morgan fingerprint density at radius 1 is 1.07 bits per heavy atom. The molecule has 27 heavy (non-hydrogen) atoms. The first kappa shape index (κ1) is 19.7. The molecular formula is C22H26ClFN2O. The third kappa shape index (κ3) is 4.12. The largest absolute Gasteiger partial charge is 0.490 e. The number of hydrogen-bond acceptors (Lipinski definition) is 2. The summed E-state index contributed by atoms with van der Waals surface area (Å²) in [6.07, 6.45) is 3.92. The number of aromatic nitrogens is 1. The van der Waals surface area contributed by atoms with Crippen molar-refractivity contribution in [3.05, 3.63) is 64.6 Å². The summed E-state index contributed by atoms with van der Waals surface area (Å²) in [5.74, 6) is 0.0999. The maximum atomic E-state index is 13.9. The lowest BCUT2D eigenvalue weighted by Gasteiger charge is -2.11. The van der Waals surface area contributed by atoms with Gasteiger partial charge < -0.3 is 15.0 Å². The molecule has 0 radical (unpaired) electrons. The highest BCUT2D eigenvalue weighted by Gasteiger charge is 2.16. The highest BCUT2D eigenvalue weighted by Crippen LogP contribution is 2.29. The Balaban J connectivity index is 0.00000210. The van der Waals surface area contributed by atoms with Gasteiger partial charge in [-0.25, -0.2) is 4.39 Å². The first-order chi connectivity index (χ1) is 12.7. The van der Waals surface area contributed by atoms with Crippen LogP contribution in [0.4, 0.5) is 4.39 Å². The van der Waals surface area contributed by atoms with Crippen molar-refractivity contribution in [3.63, 3.8) is 0 Å². The first-order valence-corrected chi connectivity index (χ1v) is 9.44. The van der Waals surface area contributed by atoms with Gasteiger partial charge in [0.2, 0.25) is 0 Å². The molecule has 5 heteroatoms. The van der Waals surface area contributed by atoms with Crippen molar-refractivity contribution in [2.45, 2.75) is 32.6 Å². The van der Waals surface area contributed by atoms with Crippen molar-refractivity contribution >= 4 is 23.3 Å². The molecule has 2 heterocycles. The highest BCUT2D eigenvalue weighted by atomic mass is 35.5. The van der Waals surface area contributed by atoms with Gasteiger partial charge in [0.05, 0.1) is 6.61 Å². The second-order valence-electron chi connectivity index (χ2n) is 7.01. The molecule has 0 bridgehead atoms. The molecule has 3 nitrogen and oxygen atoms in total. The predicted octanol–water partition coefficient (Wildman–Crippen LogP) is 4.74. The molecule has 3 aromatic rings. The molecule has 0 saturated carbocycles. The molecule has 0 saturated heterocycles. The fraction of sp³-hybridized carbons (Fsp3) is 0.364. The molecule has 4 rings (SSSR count). The minimum absolute atomic E-state index is 0. The average Bonchev–Trinajstić information content (AvgIpc) is 2.83. The van der Waals surface area contributed by atoms with Crippen molar-refractivity contribution in [1.29, 1.82) is 0 Å². The van der Waals surface area contributed by atoms with Crippen LogP contribution in [-0.4, -0.2) is 24.7 Å². The van der Waals surface area contributed by atoms with Crippen molar-refractivity contribution in [1.82, 2.24) is 10.3 Å². The summed E-state index contributed by atoms with van der Waals surface area (Å²) in [5.41, 5.74) is 6.27. The van der Waals surface area contributed by atoms with Gasteiger partial charge in [0.25, 0.3) is 0 Å². The Labute approximate surface area is 165 Å². The topological polar surface area (TPSA) is 37.0 Å². The zero-order valence-electron chi connectivity index (χ0n) is 15.6. The van der Waals surface area contributed by atoms with Gasteiger partial charge in [0.1, 0.15) is 0 Å². The number of aromatic amines is 1. The molecule has 0 amide bonds. The van der Waals surface area contributed by atoms with Crippen LogP contribution in [0.1, 0.15) is 28.8 Å². The lowest BCUT2D eigenvalue weighted by Crippen LogP contribution is -2.16. The van der Waals surface area contributed by atoms with Gasteiger partial charge in [-0.1, -0.05) is 24.3 Å². The molecule has 1 aliphatic heterocycles. The zero-order valence-corrected chi connectivity index (χ0v) is 16.4. The van der Waals surface area contributed by atoms with Crippen LogP contribution in [-0.2, 0) is 19.3 Å². The molecule has 0 atom stereocenters. The third-order valence-electron chi connectivity index (χ3n) is 5.21. The van der Waals surface area contributed by atoms with Gasteiger partial charge in [-0.15, -0.1) is 12.4 Å². The number of aryl methyl sites for hydroxylation is 2. The van der Waals surface area contributed by atoms with Crippen LogP contribution in [0.25, 0.3) is 10.9 Å². The third-order valence-corrected chi connectivity index (χ3v) is 5.21. The van der Waals surface area contributed by atoms with E-state index in [1.54, 1.807) is 6.07 Å². The molecule has 1 aromatic heterocycles. The summed E-state index contributed by atoms with van der Waals surface area (Å²) in [6.45, 7) is 4.46. The van der Waals surface area contributed by atoms with Crippen LogP contribution >= 0.6 is 12.4 Å². The maximum absolute atomic E-state index is 13.9. The number of rotatable bonds is 5. The first-order valence-electron chi connectivity index (χ1n) is 9.44. The number of halogens is 2. The highest BCUT2D eigenvalue weighted by molar-refractivity contribution is 5.88. The van der Waals surface area contributed by atoms with Gasteiger partial charge in [-0.3, -0.25) is 0 Å². The van der Waals surface area contributed by atoms with E-state index in [4.69, 9.17) is 4.74 Å². The molecule has 0 spiro atoms. The Morgan fingerprint density at radius 3 is 2.74 bits per heavy atom. The van der Waals surface area contributed by atoms with E-state index in [2.05, 4.69) is 28.5 Å². The molecule has 0 unspecified atom stereocenters. The van der Waals surface area contributed by atoms with Gasteiger partial charge in [0.15, 0.2) is 11.6 Å². The van der Waals surface area contributed by atoms with Crippen molar-refractivity contribution in [2.75, 3.05) is 19.7 Å². The Bertz CT molecular complexity index is 902. The average molecular weight is 389 g/mol. The van der Waals surface area contributed by atoms with Crippen LogP contribution in [0.5, 0.6) is 5.75 Å². The summed E-state index contributed by atoms with van der Waals surface area (Å²) < 4.78 is 19.6. The van der Waals surface area contributed by atoms with Crippen LogP contribution in [0.2, 0.25) is 0 Å². The van der Waals surface area contributed by atoms with Crippen LogP contribution < -0.4 is 10.1 Å². The fourth-order valence-electron chi connectivity index (χ4n) is 3.94. The van der Waals surface area contributed by atoms with Gasteiger partial charge in [-0.2, -0.15) is 0 Å². The van der Waals surface area contributed by atoms with Crippen LogP contribution in [0.15, 0.2) is 36.4 Å². The number of hydrogen-bond donors (Lipinski definition) is 2. The smallest absolute Gasteiger partial charge is 0.165 e. The number of benzene rings is 2. The molecule has 2 N–H and O–H groups in total. The maximum Gasteiger partial charge on any atom is 0.165 e. The standard InChI is InChI=1S/C22H25FN2O.ClH/c1-15-5-2-8-18(23)22(15)26-14-4-7-16-6-3-9-20-21(16)17-10-12-24-13-11-19(17)25-20;/h2-3,5-6,8-9,24-25H,4,7,10-14H2,1H3;1H. The Kier molecular flexibility index (Phi) is 6.40. The van der Waals surface area contributed by atoms with Gasteiger partial charge in [-0.05, 0) is 61.6 Å². The summed E-state index contributed by atoms with van der Waals surface area (Å²) >= 11 is 0. The van der Waals surface area contributed by atoms with Crippen molar-refractivity contribution in [2.24, 2.45) is 0 Å². The molecule has 2 aromatic carbocycles. The molecule has 1 aliphatic rings. The van der Waals surface area contributed by atoms with Crippen LogP contribution in [0, 0.1) is 12.7 Å². The van der Waals surface area contributed by atoms with E-state index in [1.165, 1.54) is 33.8 Å². The number of ether oxygens (including phenoxy) is 1. The Hall–Kier alpha value is -2.04. The summed E-state index contributed by atoms with van der Waals surface area (Å²) in [4.78, 5) is 3.61. The molecule has 144 valence electrons. The summed E-state index contributed by atoms with van der Waals surface area (Å²) in [5, 5.41) is 4.85. The number of H-pyrrole nitrogens is 1. The van der Waals surface area contributed by atoms with Crippen molar-refractivity contribution in [3.8, 4) is 5.75 Å². The second kappa shape index (κ2) is 8.77. The van der Waals surface area contributed by atoms with E-state index in [0.29, 0.717) is 12.4 Å². The second-order valence-corrected chi connectivity index (χ2v) is 7.01. The summed E-state index contributed by atoms with van der Waals surface area (Å²) in [7, 11) is 0. The number of para-hydroxylation sites is 1. The van der Waals surface area contributed by atoms with Gasteiger partial charge >= 0.3 is 0 Å². The predicted molar refractivity (Wildman–Crippen MR) is 111 cm³/mol. The van der Waals surface area contributed by atoms with Crippen molar-refractivity contribution < 1.29 is 9.13 Å². The SMILES string of the molecule is Cc1cccc(F)c1OCCCc1cccc2[nH]c3c(c12)CCNCC3.Cl. The lowest BCUT2D eigenvalue weighted by molar-refractivity contribution is 0.293. The minimum atomic E-state index is -0.282. The van der Waals surface area contributed by atoms with Crippen LogP contribution in [0.3, 0.4) is 0 Å². The number of fused-ring (bicyclic) bond motifs is 3. The molecular weight excluding hydrogens is 363 g/mol. The Morgan fingerprint density at radius 2 is 1.89 bits per heavy atom. The van der Waals surface area contributed by atoms with E-state index in [-0.39, 0.29) is 18.2 Å². The minimum Gasteiger partial charge on any atom is -0.490 e. The quantitative estimate of drug-likeness (QED) is 0.619. The van der Waals surface area contributed by atoms with E-state index < -0.39 is 0 Å². The van der Waals surface area contributed by atoms with E-state index in [1.807, 2.05) is 13.0 Å². The zero-order chi connectivity index (χ0) is 17.9. The lowest BCUT2D eigenvalue weighted by atomic mass is 9.99. The summed E-state index contributed by atoms with van der Waals surface area (Å²) in [6, 6.07) is 11.5. The fourth-order valence-corrected chi connectivity index (χ4v) is 3.94. The molecule has 0 fully saturated rings. The monoisotopic (exact) mass is 388 g/mol. The molecule has 0 aliphatic carbocycles.